The first-order chi connectivity index (χ1) is 9.52. The van der Waals surface area contributed by atoms with Gasteiger partial charge in [0.15, 0.2) is 0 Å². The van der Waals surface area contributed by atoms with Crippen LogP contribution in [0.1, 0.15) is 12.8 Å². The van der Waals surface area contributed by atoms with Gasteiger partial charge < -0.3 is 20.1 Å². The van der Waals surface area contributed by atoms with E-state index in [1.54, 1.807) is 12.1 Å². The first kappa shape index (κ1) is 16.7. The molecule has 116 valence electrons. The Balaban J connectivity index is 2.32. The number of carboxylic acids is 1. The van der Waals surface area contributed by atoms with Crippen LogP contribution in [-0.4, -0.2) is 80.0 Å². The van der Waals surface area contributed by atoms with E-state index in [0.29, 0.717) is 19.4 Å². The number of hydrogen-bond acceptors (Lipinski definition) is 5. The van der Waals surface area contributed by atoms with Gasteiger partial charge in [-0.25, -0.2) is 14.6 Å². The number of aliphatic carboxylic acids is 1. The molecule has 1 aliphatic heterocycles. The number of urea groups is 1. The Kier molecular flexibility index (Phi) is 7.27. The quantitative estimate of drug-likeness (QED) is 0.538. The highest BCUT2D eigenvalue weighted by molar-refractivity contribution is 5.82. The number of rotatable bonds is 7. The number of carbonyl (C=O) groups is 2. The zero-order chi connectivity index (χ0) is 15.0. The number of nitrogens with one attached hydrogen (secondary N) is 2. The topological polar surface area (TPSA) is 94.1 Å². The van der Waals surface area contributed by atoms with Gasteiger partial charge in [-0.2, -0.15) is 0 Å². The van der Waals surface area contributed by atoms with Gasteiger partial charge in [0.25, 0.3) is 0 Å². The zero-order valence-corrected chi connectivity index (χ0v) is 12.1. The number of ether oxygens (including phenoxy) is 1. The van der Waals surface area contributed by atoms with Crippen molar-refractivity contribution in [3.8, 4) is 0 Å². The summed E-state index contributed by atoms with van der Waals surface area (Å²) in [5, 5.41) is 13.3. The third-order valence-electron chi connectivity index (χ3n) is 3.21. The number of methoxy groups -OCH3 is 1. The highest BCUT2D eigenvalue weighted by Gasteiger charge is 2.21. The van der Waals surface area contributed by atoms with Gasteiger partial charge in [0, 0.05) is 39.9 Å². The first-order valence-electron chi connectivity index (χ1n) is 6.75. The summed E-state index contributed by atoms with van der Waals surface area (Å²) < 4.78 is 4.87. The molecule has 0 aliphatic carbocycles. The smallest absolute Gasteiger partial charge is 0.330 e. The number of amides is 2. The van der Waals surface area contributed by atoms with E-state index in [4.69, 9.17) is 9.84 Å². The molecule has 0 spiro atoms. The average molecular weight is 288 g/mol. The number of hydrogen-bond donors (Lipinski definition) is 3. The summed E-state index contributed by atoms with van der Waals surface area (Å²) >= 11 is 0. The van der Waals surface area contributed by atoms with Crippen molar-refractivity contribution in [3.05, 3.63) is 0 Å². The van der Waals surface area contributed by atoms with Crippen LogP contribution in [0.2, 0.25) is 0 Å². The van der Waals surface area contributed by atoms with Crippen LogP contribution in [0, 0.1) is 0 Å². The lowest BCUT2D eigenvalue weighted by molar-refractivity contribution is -0.139. The number of likely N-dealkylation sites (N-methyl/N-ethyl adjacent to an activating group) is 1. The molecule has 0 aromatic carbocycles. The molecule has 1 atom stereocenters. The maximum atomic E-state index is 11.8. The second kappa shape index (κ2) is 8.72. The molecule has 20 heavy (non-hydrogen) atoms. The minimum Gasteiger partial charge on any atom is -0.480 e. The summed E-state index contributed by atoms with van der Waals surface area (Å²) in [5.74, 6) is -1.03. The molecule has 1 saturated heterocycles. The summed E-state index contributed by atoms with van der Waals surface area (Å²) in [7, 11) is 3.58. The van der Waals surface area contributed by atoms with Gasteiger partial charge in [0.2, 0.25) is 0 Å². The van der Waals surface area contributed by atoms with Gasteiger partial charge in [0.1, 0.15) is 6.04 Å². The van der Waals surface area contributed by atoms with E-state index >= 15 is 0 Å². The van der Waals surface area contributed by atoms with Crippen molar-refractivity contribution in [1.29, 1.82) is 0 Å². The Labute approximate surface area is 119 Å². The highest BCUT2D eigenvalue weighted by Crippen LogP contribution is 1.99. The van der Waals surface area contributed by atoms with Gasteiger partial charge in [-0.3, -0.25) is 5.43 Å². The summed E-state index contributed by atoms with van der Waals surface area (Å²) in [5.41, 5.74) is 2.68. The molecule has 0 aromatic heterocycles. The van der Waals surface area contributed by atoms with Crippen LogP contribution < -0.4 is 10.7 Å². The van der Waals surface area contributed by atoms with Crippen LogP contribution in [0.15, 0.2) is 0 Å². The monoisotopic (exact) mass is 288 g/mol. The van der Waals surface area contributed by atoms with E-state index in [2.05, 4.69) is 15.6 Å². The van der Waals surface area contributed by atoms with E-state index in [0.717, 1.165) is 26.2 Å². The molecule has 1 rings (SSSR count). The standard InChI is InChI=1S/C12H24N4O4/c1-15-5-7-16(8-6-15)14-12(19)13-10(11(17)18)4-3-9-20-2/h10H,3-9H2,1-2H3,(H,17,18)(H2,13,14,19). The number of carbonyl (C=O) groups excluding carboxylic acids is 1. The Bertz CT molecular complexity index is 319. The van der Waals surface area contributed by atoms with Crippen molar-refractivity contribution in [2.75, 3.05) is 46.9 Å². The molecule has 3 N–H and O–H groups in total. The fourth-order valence-corrected chi connectivity index (χ4v) is 1.94. The molecule has 1 aliphatic rings. The van der Waals surface area contributed by atoms with Gasteiger partial charge in [0.05, 0.1) is 0 Å². The summed E-state index contributed by atoms with van der Waals surface area (Å²) in [6.07, 6.45) is 0.932. The predicted molar refractivity (Wildman–Crippen MR) is 73.3 cm³/mol. The van der Waals surface area contributed by atoms with E-state index in [9.17, 15) is 9.59 Å². The number of carboxylic acid groups (broad SMARTS) is 1. The number of piperazine rings is 1. The second-order valence-electron chi connectivity index (χ2n) is 4.90. The van der Waals surface area contributed by atoms with E-state index < -0.39 is 18.0 Å². The van der Waals surface area contributed by atoms with Gasteiger partial charge in [-0.1, -0.05) is 0 Å². The number of hydrazine groups is 1. The molecule has 1 fully saturated rings. The van der Waals surface area contributed by atoms with Crippen LogP contribution >= 0.6 is 0 Å². The zero-order valence-electron chi connectivity index (χ0n) is 12.1. The third kappa shape index (κ3) is 6.18. The highest BCUT2D eigenvalue weighted by atomic mass is 16.5. The van der Waals surface area contributed by atoms with Crippen LogP contribution in [0.4, 0.5) is 4.79 Å². The van der Waals surface area contributed by atoms with Crippen LogP contribution in [0.3, 0.4) is 0 Å². The first-order valence-corrected chi connectivity index (χ1v) is 6.75. The molecule has 0 aromatic rings. The Morgan fingerprint density at radius 1 is 1.30 bits per heavy atom. The fourth-order valence-electron chi connectivity index (χ4n) is 1.94. The van der Waals surface area contributed by atoms with Crippen molar-refractivity contribution in [3.63, 3.8) is 0 Å². The SMILES string of the molecule is COCCCC(NC(=O)NN1CCN(C)CC1)C(=O)O. The third-order valence-corrected chi connectivity index (χ3v) is 3.21. The van der Waals surface area contributed by atoms with Crippen LogP contribution in [0.5, 0.6) is 0 Å². The number of nitrogens with zero attached hydrogens (tertiary/aromatic N) is 2. The molecule has 2 amide bonds. The van der Waals surface area contributed by atoms with Crippen molar-refractivity contribution in [2.24, 2.45) is 0 Å². The van der Waals surface area contributed by atoms with Crippen molar-refractivity contribution in [2.45, 2.75) is 18.9 Å². The summed E-state index contributed by atoms with van der Waals surface area (Å²) in [6, 6.07) is -1.36. The molecule has 1 unspecified atom stereocenters. The van der Waals surface area contributed by atoms with Gasteiger partial charge in [-0.15, -0.1) is 0 Å². The fraction of sp³-hybridized carbons (Fsp3) is 0.833. The summed E-state index contributed by atoms with van der Waals surface area (Å²) in [4.78, 5) is 25.0. The molecule has 8 nitrogen and oxygen atoms in total. The Morgan fingerprint density at radius 2 is 1.95 bits per heavy atom. The normalized spacial score (nSPS) is 18.5. The summed E-state index contributed by atoms with van der Waals surface area (Å²) in [6.45, 7) is 3.68. The second-order valence-corrected chi connectivity index (χ2v) is 4.90. The van der Waals surface area contributed by atoms with E-state index in [-0.39, 0.29) is 0 Å². The lowest BCUT2D eigenvalue weighted by Gasteiger charge is -2.32. The van der Waals surface area contributed by atoms with E-state index in [1.807, 2.05) is 7.05 Å². The average Bonchev–Trinajstić information content (AvgIpc) is 2.40. The largest absolute Gasteiger partial charge is 0.480 e. The molecule has 1 heterocycles. The minimum absolute atomic E-state index is 0.347. The molecule has 0 radical (unpaired) electrons. The van der Waals surface area contributed by atoms with E-state index in [1.165, 1.54) is 0 Å². The molecular formula is C12H24N4O4. The van der Waals surface area contributed by atoms with Crippen molar-refractivity contribution < 1.29 is 19.4 Å². The van der Waals surface area contributed by atoms with Gasteiger partial charge >= 0.3 is 12.0 Å². The van der Waals surface area contributed by atoms with Crippen LogP contribution in [0.25, 0.3) is 0 Å². The molecule has 8 heteroatoms. The molecular weight excluding hydrogens is 264 g/mol. The maximum Gasteiger partial charge on any atom is 0.330 e. The minimum atomic E-state index is -1.03. The van der Waals surface area contributed by atoms with Crippen molar-refractivity contribution >= 4 is 12.0 Å². The Morgan fingerprint density at radius 3 is 2.50 bits per heavy atom. The maximum absolute atomic E-state index is 11.8. The lowest BCUT2D eigenvalue weighted by Crippen LogP contribution is -2.56. The molecule has 0 saturated carbocycles. The lowest BCUT2D eigenvalue weighted by atomic mass is 10.1. The predicted octanol–water partition coefficient (Wildman–Crippen LogP) is -0.672. The molecule has 0 bridgehead atoms. The van der Waals surface area contributed by atoms with Crippen molar-refractivity contribution in [1.82, 2.24) is 20.7 Å². The van der Waals surface area contributed by atoms with Gasteiger partial charge in [-0.05, 0) is 19.9 Å². The van der Waals surface area contributed by atoms with Crippen LogP contribution in [-0.2, 0) is 9.53 Å². The Hall–Kier alpha value is -1.38.